The Morgan fingerprint density at radius 1 is 0.892 bits per heavy atom. The molecule has 5 rings (SSSR count). The first kappa shape index (κ1) is 24.2. The van der Waals surface area contributed by atoms with Gasteiger partial charge in [0.1, 0.15) is 11.6 Å². The van der Waals surface area contributed by atoms with Gasteiger partial charge in [-0.25, -0.2) is 9.37 Å². The number of carbonyl (C=O) groups is 3. The topological polar surface area (TPSA) is 89.1 Å². The number of amides is 3. The Bertz CT molecular complexity index is 1400. The number of halogens is 1. The molecule has 3 heterocycles. The highest BCUT2D eigenvalue weighted by Gasteiger charge is 2.28. The lowest BCUT2D eigenvalue weighted by Gasteiger charge is -2.34. The van der Waals surface area contributed by atoms with E-state index in [0.717, 1.165) is 11.4 Å². The number of fused-ring (bicyclic) bond motifs is 2. The fourth-order valence-corrected chi connectivity index (χ4v) is 4.69. The molecule has 3 amide bonds. The van der Waals surface area contributed by atoms with Crippen molar-refractivity contribution in [2.75, 3.05) is 55.4 Å². The Balaban J connectivity index is 1.36. The zero-order valence-electron chi connectivity index (χ0n) is 20.9. The van der Waals surface area contributed by atoms with E-state index in [2.05, 4.69) is 10.3 Å². The van der Waals surface area contributed by atoms with Crippen LogP contribution < -0.4 is 15.1 Å². The summed E-state index contributed by atoms with van der Waals surface area (Å²) in [5, 5.41) is 2.99. The predicted octanol–water partition coefficient (Wildman–Crippen LogP) is 3.63. The average Bonchev–Trinajstić information content (AvgIpc) is 2.99. The monoisotopic (exact) mass is 502 g/mol. The third-order valence-corrected chi connectivity index (χ3v) is 6.88. The number of benzene rings is 2. The number of pyridine rings is 1. The number of nitrogens with zero attached hydrogens (tertiary/aromatic N) is 5. The molecule has 9 nitrogen and oxygen atoms in total. The molecule has 3 aromatic rings. The summed E-state index contributed by atoms with van der Waals surface area (Å²) in [6.45, 7) is 3.26. The standard InChI is InChI=1S/C27H27FN6O3/c1-17(35)33-10-12-34(13-11-33)26(36)18-8-9-21(20(28)14-18)30-25-15-23-24(16-29-25)32(3)27(37)19-6-4-5-7-22(19)31(23)2/h4-9,14-16H,10-13H2,1-3H3,(H,29,30). The van der Waals surface area contributed by atoms with Gasteiger partial charge in [-0.15, -0.1) is 0 Å². The Labute approximate surface area is 214 Å². The lowest BCUT2D eigenvalue weighted by atomic mass is 10.1. The van der Waals surface area contributed by atoms with Gasteiger partial charge >= 0.3 is 0 Å². The normalized spacial score (nSPS) is 15.2. The van der Waals surface area contributed by atoms with E-state index in [0.29, 0.717) is 43.2 Å². The highest BCUT2D eigenvalue weighted by atomic mass is 19.1. The van der Waals surface area contributed by atoms with Crippen molar-refractivity contribution in [1.82, 2.24) is 14.8 Å². The van der Waals surface area contributed by atoms with Crippen LogP contribution in [0.25, 0.3) is 0 Å². The minimum atomic E-state index is -0.587. The smallest absolute Gasteiger partial charge is 0.260 e. The third-order valence-electron chi connectivity index (χ3n) is 6.88. The second-order valence-corrected chi connectivity index (χ2v) is 9.12. The number of nitrogens with one attached hydrogen (secondary N) is 1. The third kappa shape index (κ3) is 4.46. The summed E-state index contributed by atoms with van der Waals surface area (Å²) < 4.78 is 15.0. The molecule has 0 unspecified atom stereocenters. The lowest BCUT2D eigenvalue weighted by molar-refractivity contribution is -0.130. The van der Waals surface area contributed by atoms with Crippen LogP contribution in [-0.2, 0) is 4.79 Å². The van der Waals surface area contributed by atoms with Crippen LogP contribution >= 0.6 is 0 Å². The number of hydrogen-bond donors (Lipinski definition) is 1. The van der Waals surface area contributed by atoms with Crippen LogP contribution in [-0.4, -0.2) is 72.8 Å². The van der Waals surface area contributed by atoms with Crippen molar-refractivity contribution in [2.45, 2.75) is 6.92 Å². The van der Waals surface area contributed by atoms with E-state index >= 15 is 4.39 Å². The van der Waals surface area contributed by atoms with E-state index < -0.39 is 5.82 Å². The molecule has 0 saturated carbocycles. The van der Waals surface area contributed by atoms with Crippen LogP contribution in [0, 0.1) is 5.82 Å². The molecular formula is C27H27FN6O3. The SMILES string of the molecule is CC(=O)N1CCN(C(=O)c2ccc(Nc3cc4c(cn3)N(C)C(=O)c3ccccc3N4C)c(F)c2)CC1. The minimum absolute atomic E-state index is 0.0198. The Hall–Kier alpha value is -4.47. The zero-order chi connectivity index (χ0) is 26.3. The van der Waals surface area contributed by atoms with Gasteiger partial charge in [-0.3, -0.25) is 14.4 Å². The molecule has 0 aliphatic carbocycles. The fraction of sp³-hybridized carbons (Fsp3) is 0.259. The van der Waals surface area contributed by atoms with Crippen LogP contribution in [0.15, 0.2) is 54.7 Å². The van der Waals surface area contributed by atoms with Gasteiger partial charge in [-0.2, -0.15) is 0 Å². The van der Waals surface area contributed by atoms with Gasteiger partial charge in [0, 0.05) is 58.8 Å². The van der Waals surface area contributed by atoms with Crippen molar-refractivity contribution in [1.29, 1.82) is 0 Å². The highest BCUT2D eigenvalue weighted by molar-refractivity contribution is 6.13. The Kier molecular flexibility index (Phi) is 6.24. The summed E-state index contributed by atoms with van der Waals surface area (Å²) in [6, 6.07) is 13.4. The molecule has 0 radical (unpaired) electrons. The zero-order valence-corrected chi connectivity index (χ0v) is 20.9. The van der Waals surface area contributed by atoms with Crippen molar-refractivity contribution in [2.24, 2.45) is 0 Å². The van der Waals surface area contributed by atoms with E-state index in [1.807, 2.05) is 30.1 Å². The van der Waals surface area contributed by atoms with Crippen molar-refractivity contribution in [3.8, 4) is 0 Å². The molecule has 2 aliphatic rings. The molecule has 37 heavy (non-hydrogen) atoms. The number of carbonyl (C=O) groups excluding carboxylic acids is 3. The molecule has 1 saturated heterocycles. The van der Waals surface area contributed by atoms with Gasteiger partial charge in [-0.1, -0.05) is 12.1 Å². The molecular weight excluding hydrogens is 475 g/mol. The average molecular weight is 503 g/mol. The van der Waals surface area contributed by atoms with Crippen molar-refractivity contribution in [3.63, 3.8) is 0 Å². The first-order valence-electron chi connectivity index (χ1n) is 12.0. The Morgan fingerprint density at radius 3 is 2.30 bits per heavy atom. The summed E-state index contributed by atoms with van der Waals surface area (Å²) in [5.74, 6) is -0.628. The molecule has 1 aromatic heterocycles. The van der Waals surface area contributed by atoms with Crippen LogP contribution in [0.2, 0.25) is 0 Å². The van der Waals surface area contributed by atoms with E-state index in [1.165, 1.54) is 19.1 Å². The molecule has 1 fully saturated rings. The second kappa shape index (κ2) is 9.53. The van der Waals surface area contributed by atoms with E-state index in [-0.39, 0.29) is 29.0 Å². The number of piperazine rings is 1. The van der Waals surface area contributed by atoms with Crippen LogP contribution in [0.5, 0.6) is 0 Å². The van der Waals surface area contributed by atoms with Crippen molar-refractivity contribution < 1.29 is 18.8 Å². The number of para-hydroxylation sites is 1. The molecule has 1 N–H and O–H groups in total. The number of aromatic nitrogens is 1. The maximum absolute atomic E-state index is 15.0. The maximum Gasteiger partial charge on any atom is 0.260 e. The van der Waals surface area contributed by atoms with Crippen LogP contribution in [0.4, 0.5) is 33.0 Å². The summed E-state index contributed by atoms with van der Waals surface area (Å²) >= 11 is 0. The number of rotatable bonds is 3. The quantitative estimate of drug-likeness (QED) is 0.589. The lowest BCUT2D eigenvalue weighted by Crippen LogP contribution is -2.50. The first-order valence-corrected chi connectivity index (χ1v) is 12.0. The Morgan fingerprint density at radius 2 is 1.59 bits per heavy atom. The summed E-state index contributed by atoms with van der Waals surface area (Å²) in [4.78, 5) is 48.5. The van der Waals surface area contributed by atoms with Crippen LogP contribution in [0.3, 0.4) is 0 Å². The number of anilines is 5. The molecule has 2 aromatic carbocycles. The molecule has 190 valence electrons. The molecule has 0 bridgehead atoms. The number of hydrogen-bond acceptors (Lipinski definition) is 6. The van der Waals surface area contributed by atoms with Gasteiger partial charge in [0.25, 0.3) is 11.8 Å². The van der Waals surface area contributed by atoms with Gasteiger partial charge in [-0.05, 0) is 30.3 Å². The summed E-state index contributed by atoms with van der Waals surface area (Å²) in [6.07, 6.45) is 1.58. The van der Waals surface area contributed by atoms with E-state index in [1.54, 1.807) is 46.1 Å². The second-order valence-electron chi connectivity index (χ2n) is 9.12. The molecule has 0 spiro atoms. The van der Waals surface area contributed by atoms with Gasteiger partial charge in [0.15, 0.2) is 0 Å². The molecule has 10 heteroatoms. The fourth-order valence-electron chi connectivity index (χ4n) is 4.69. The van der Waals surface area contributed by atoms with Gasteiger partial charge in [0.05, 0.1) is 34.5 Å². The largest absolute Gasteiger partial charge is 0.342 e. The van der Waals surface area contributed by atoms with E-state index in [9.17, 15) is 14.4 Å². The predicted molar refractivity (Wildman–Crippen MR) is 139 cm³/mol. The van der Waals surface area contributed by atoms with Gasteiger partial charge < -0.3 is 24.9 Å². The first-order chi connectivity index (χ1) is 17.7. The van der Waals surface area contributed by atoms with E-state index in [4.69, 9.17) is 0 Å². The van der Waals surface area contributed by atoms with Crippen molar-refractivity contribution >= 4 is 46.3 Å². The minimum Gasteiger partial charge on any atom is -0.342 e. The van der Waals surface area contributed by atoms with Gasteiger partial charge in [0.2, 0.25) is 5.91 Å². The highest BCUT2D eigenvalue weighted by Crippen LogP contribution is 2.40. The van der Waals surface area contributed by atoms with Crippen molar-refractivity contribution in [3.05, 3.63) is 71.7 Å². The summed E-state index contributed by atoms with van der Waals surface area (Å²) in [5.41, 5.74) is 3.11. The maximum atomic E-state index is 15.0. The summed E-state index contributed by atoms with van der Waals surface area (Å²) in [7, 11) is 3.56. The van der Waals surface area contributed by atoms with Crippen LogP contribution in [0.1, 0.15) is 27.6 Å². The molecule has 2 aliphatic heterocycles. The molecule has 0 atom stereocenters.